The number of hydrogen-bond acceptors (Lipinski definition) is 3. The van der Waals surface area contributed by atoms with Crippen LogP contribution < -0.4 is 10.0 Å². The van der Waals surface area contributed by atoms with Gasteiger partial charge in [-0.3, -0.25) is 4.79 Å². The number of rotatable bonds is 6. The first-order valence-corrected chi connectivity index (χ1v) is 11.1. The molecule has 0 aromatic heterocycles. The molecule has 1 saturated carbocycles. The van der Waals surface area contributed by atoms with Crippen molar-refractivity contribution in [2.24, 2.45) is 0 Å². The van der Waals surface area contributed by atoms with Gasteiger partial charge >= 0.3 is 0 Å². The zero-order valence-corrected chi connectivity index (χ0v) is 17.1. The quantitative estimate of drug-likeness (QED) is 0.733. The standard InChI is InChI=1S/C21H24F2N2O3S/c1-13(2)29(27,28)25-20-5-3-4-19(20)14-6-8-18(9-7-14)24-21(26)15-10-16(22)12-17(23)11-15/h6-13,19-20,25H,3-5H2,1-2H3,(H,24,26). The number of anilines is 1. The second kappa shape index (κ2) is 8.59. The Morgan fingerprint density at radius 3 is 2.24 bits per heavy atom. The Bertz CT molecular complexity index is 971. The maximum Gasteiger partial charge on any atom is 0.255 e. The van der Waals surface area contributed by atoms with Gasteiger partial charge in [0.2, 0.25) is 10.0 Å². The number of carbonyl (C=O) groups is 1. The van der Waals surface area contributed by atoms with E-state index in [2.05, 4.69) is 10.0 Å². The van der Waals surface area contributed by atoms with Gasteiger partial charge in [0, 0.05) is 29.3 Å². The summed E-state index contributed by atoms with van der Waals surface area (Å²) in [6.07, 6.45) is 2.58. The van der Waals surface area contributed by atoms with E-state index < -0.39 is 32.8 Å². The molecule has 2 unspecified atom stereocenters. The van der Waals surface area contributed by atoms with Gasteiger partial charge in [0.05, 0.1) is 5.25 Å². The van der Waals surface area contributed by atoms with E-state index >= 15 is 0 Å². The van der Waals surface area contributed by atoms with Crippen molar-refractivity contribution in [3.05, 3.63) is 65.2 Å². The van der Waals surface area contributed by atoms with Crippen molar-refractivity contribution in [3.8, 4) is 0 Å². The third-order valence-corrected chi connectivity index (χ3v) is 7.05. The van der Waals surface area contributed by atoms with Gasteiger partial charge in [0.15, 0.2) is 0 Å². The van der Waals surface area contributed by atoms with E-state index in [1.165, 1.54) is 0 Å². The Kier molecular flexibility index (Phi) is 6.33. The van der Waals surface area contributed by atoms with E-state index in [9.17, 15) is 22.0 Å². The third kappa shape index (κ3) is 5.19. The molecule has 0 saturated heterocycles. The van der Waals surface area contributed by atoms with E-state index in [4.69, 9.17) is 0 Å². The van der Waals surface area contributed by atoms with Crippen LogP contribution in [0.25, 0.3) is 0 Å². The number of halogens is 2. The number of sulfonamides is 1. The molecular weight excluding hydrogens is 398 g/mol. The van der Waals surface area contributed by atoms with E-state index in [-0.39, 0.29) is 17.5 Å². The minimum Gasteiger partial charge on any atom is -0.322 e. The number of hydrogen-bond donors (Lipinski definition) is 2. The van der Waals surface area contributed by atoms with Gasteiger partial charge in [-0.1, -0.05) is 18.6 Å². The van der Waals surface area contributed by atoms with E-state index in [1.54, 1.807) is 26.0 Å². The van der Waals surface area contributed by atoms with Gasteiger partial charge in [-0.25, -0.2) is 21.9 Å². The molecular formula is C21H24F2N2O3S. The van der Waals surface area contributed by atoms with Gasteiger partial charge in [-0.2, -0.15) is 0 Å². The molecule has 2 atom stereocenters. The third-order valence-electron chi connectivity index (χ3n) is 5.17. The average Bonchev–Trinajstić information content (AvgIpc) is 3.08. The number of benzene rings is 2. The molecule has 0 bridgehead atoms. The smallest absolute Gasteiger partial charge is 0.255 e. The maximum atomic E-state index is 13.3. The first-order valence-electron chi connectivity index (χ1n) is 9.54. The van der Waals surface area contributed by atoms with Crippen LogP contribution >= 0.6 is 0 Å². The summed E-state index contributed by atoms with van der Waals surface area (Å²) in [5, 5.41) is 2.12. The molecule has 2 N–H and O–H groups in total. The van der Waals surface area contributed by atoms with Crippen LogP contribution in [0.3, 0.4) is 0 Å². The van der Waals surface area contributed by atoms with Crippen molar-refractivity contribution in [1.82, 2.24) is 4.72 Å². The van der Waals surface area contributed by atoms with Crippen molar-refractivity contribution in [2.45, 2.75) is 50.3 Å². The fourth-order valence-electron chi connectivity index (χ4n) is 3.55. The number of carbonyl (C=O) groups excluding carboxylic acids is 1. The molecule has 2 aromatic carbocycles. The Morgan fingerprint density at radius 1 is 1.03 bits per heavy atom. The molecule has 0 spiro atoms. The zero-order chi connectivity index (χ0) is 21.2. The first-order chi connectivity index (χ1) is 13.7. The zero-order valence-electron chi connectivity index (χ0n) is 16.3. The predicted molar refractivity (Wildman–Crippen MR) is 108 cm³/mol. The van der Waals surface area contributed by atoms with Crippen LogP contribution in [-0.2, 0) is 10.0 Å². The lowest BCUT2D eigenvalue weighted by atomic mass is 9.94. The summed E-state index contributed by atoms with van der Waals surface area (Å²) >= 11 is 0. The molecule has 29 heavy (non-hydrogen) atoms. The molecule has 8 heteroatoms. The highest BCUT2D eigenvalue weighted by Gasteiger charge is 2.32. The van der Waals surface area contributed by atoms with Crippen molar-refractivity contribution < 1.29 is 22.0 Å². The molecule has 0 aliphatic heterocycles. The minimum absolute atomic E-state index is 0.0607. The summed E-state index contributed by atoms with van der Waals surface area (Å²) in [4.78, 5) is 12.2. The lowest BCUT2D eigenvalue weighted by Gasteiger charge is -2.23. The summed E-state index contributed by atoms with van der Waals surface area (Å²) in [6.45, 7) is 3.29. The summed E-state index contributed by atoms with van der Waals surface area (Å²) < 4.78 is 53.8. The molecule has 1 aliphatic carbocycles. The molecule has 1 aliphatic rings. The minimum atomic E-state index is -3.35. The van der Waals surface area contributed by atoms with Gasteiger partial charge in [-0.05, 0) is 56.5 Å². The second-order valence-corrected chi connectivity index (χ2v) is 9.86. The monoisotopic (exact) mass is 422 g/mol. The Morgan fingerprint density at radius 2 is 1.66 bits per heavy atom. The second-order valence-electron chi connectivity index (χ2n) is 7.59. The van der Waals surface area contributed by atoms with E-state index in [0.717, 1.165) is 37.0 Å². The summed E-state index contributed by atoms with van der Waals surface area (Å²) in [5.41, 5.74) is 1.36. The fraction of sp³-hybridized carbons (Fsp3) is 0.381. The number of amides is 1. The highest BCUT2D eigenvalue weighted by atomic mass is 32.2. The van der Waals surface area contributed by atoms with Crippen molar-refractivity contribution in [3.63, 3.8) is 0 Å². The maximum absolute atomic E-state index is 13.3. The Labute approximate surface area is 169 Å². The topological polar surface area (TPSA) is 75.3 Å². The van der Waals surface area contributed by atoms with Crippen LogP contribution in [0.2, 0.25) is 0 Å². The fourth-order valence-corrected chi connectivity index (χ4v) is 4.53. The van der Waals surface area contributed by atoms with Crippen LogP contribution in [-0.4, -0.2) is 25.6 Å². The lowest BCUT2D eigenvalue weighted by Crippen LogP contribution is -2.40. The van der Waals surface area contributed by atoms with Gasteiger partial charge in [-0.15, -0.1) is 0 Å². The SMILES string of the molecule is CC(C)S(=O)(=O)NC1CCCC1c1ccc(NC(=O)c2cc(F)cc(F)c2)cc1. The lowest BCUT2D eigenvalue weighted by molar-refractivity contribution is 0.102. The van der Waals surface area contributed by atoms with Crippen LogP contribution in [0.5, 0.6) is 0 Å². The van der Waals surface area contributed by atoms with Gasteiger partial charge < -0.3 is 5.32 Å². The summed E-state index contributed by atoms with van der Waals surface area (Å²) in [7, 11) is -3.35. The van der Waals surface area contributed by atoms with Crippen molar-refractivity contribution >= 4 is 21.6 Å². The molecule has 0 radical (unpaired) electrons. The normalized spacial score (nSPS) is 19.5. The highest BCUT2D eigenvalue weighted by Crippen LogP contribution is 2.35. The summed E-state index contributed by atoms with van der Waals surface area (Å²) in [6, 6.07) is 9.58. The molecule has 5 nitrogen and oxygen atoms in total. The number of nitrogens with one attached hydrogen (secondary N) is 2. The average molecular weight is 422 g/mol. The van der Waals surface area contributed by atoms with Crippen LogP contribution in [0.1, 0.15) is 54.9 Å². The predicted octanol–water partition coefficient (Wildman–Crippen LogP) is 4.18. The molecule has 0 heterocycles. The highest BCUT2D eigenvalue weighted by molar-refractivity contribution is 7.90. The van der Waals surface area contributed by atoms with Gasteiger partial charge in [0.1, 0.15) is 11.6 Å². The summed E-state index contributed by atoms with van der Waals surface area (Å²) in [5.74, 6) is -2.19. The van der Waals surface area contributed by atoms with Crippen LogP contribution in [0.15, 0.2) is 42.5 Å². The molecule has 3 rings (SSSR count). The first kappa shape index (κ1) is 21.4. The molecule has 2 aromatic rings. The molecule has 1 fully saturated rings. The van der Waals surface area contributed by atoms with Crippen LogP contribution in [0, 0.1) is 11.6 Å². The largest absolute Gasteiger partial charge is 0.322 e. The Hall–Kier alpha value is -2.32. The van der Waals surface area contributed by atoms with Crippen molar-refractivity contribution in [1.29, 1.82) is 0 Å². The van der Waals surface area contributed by atoms with Crippen molar-refractivity contribution in [2.75, 3.05) is 5.32 Å². The van der Waals surface area contributed by atoms with E-state index in [1.807, 2.05) is 12.1 Å². The van der Waals surface area contributed by atoms with E-state index in [0.29, 0.717) is 11.8 Å². The van der Waals surface area contributed by atoms with Gasteiger partial charge in [0.25, 0.3) is 5.91 Å². The Balaban J connectivity index is 1.70. The van der Waals surface area contributed by atoms with Crippen LogP contribution in [0.4, 0.5) is 14.5 Å². The molecule has 1 amide bonds. The molecule has 156 valence electrons.